The van der Waals surface area contributed by atoms with Gasteiger partial charge in [-0.2, -0.15) is 5.10 Å². The summed E-state index contributed by atoms with van der Waals surface area (Å²) < 4.78 is 3.19. The van der Waals surface area contributed by atoms with E-state index in [0.717, 1.165) is 12.1 Å². The van der Waals surface area contributed by atoms with Crippen LogP contribution in [0.25, 0.3) is 10.1 Å². The van der Waals surface area contributed by atoms with Gasteiger partial charge in [0, 0.05) is 16.9 Å². The number of aryl methyl sites for hydroxylation is 1. The molecule has 2 heterocycles. The molecule has 0 aliphatic rings. The van der Waals surface area contributed by atoms with E-state index in [0.29, 0.717) is 12.2 Å². The number of fused-ring (bicyclic) bond motifs is 1. The zero-order chi connectivity index (χ0) is 17.3. The quantitative estimate of drug-likeness (QED) is 0.775. The third-order valence-electron chi connectivity index (χ3n) is 4.00. The molecule has 3 aromatic rings. The summed E-state index contributed by atoms with van der Waals surface area (Å²) in [7, 11) is 0. The third-order valence-corrected chi connectivity index (χ3v) is 5.01. The molecule has 1 aromatic carbocycles. The highest BCUT2D eigenvalue weighted by atomic mass is 32.1. The molecule has 0 saturated heterocycles. The van der Waals surface area contributed by atoms with Crippen molar-refractivity contribution in [2.75, 3.05) is 6.54 Å². The zero-order valence-corrected chi connectivity index (χ0v) is 15.4. The molecule has 126 valence electrons. The smallest absolute Gasteiger partial charge is 0.271 e. The minimum absolute atomic E-state index is 0.111. The van der Waals surface area contributed by atoms with Crippen LogP contribution in [0.3, 0.4) is 0 Å². The van der Waals surface area contributed by atoms with E-state index in [2.05, 4.69) is 60.8 Å². The SMILES string of the molecule is Cc1cc(C(=O)NCCc2csc3ccccc23)nn1C(C)(C)C. The summed E-state index contributed by atoms with van der Waals surface area (Å²) in [5, 5.41) is 10.9. The normalized spacial score (nSPS) is 11.8. The summed E-state index contributed by atoms with van der Waals surface area (Å²) >= 11 is 1.75. The average molecular weight is 341 g/mol. The molecule has 3 rings (SSSR count). The third kappa shape index (κ3) is 3.36. The molecule has 1 N–H and O–H groups in total. The van der Waals surface area contributed by atoms with E-state index in [9.17, 15) is 4.79 Å². The maximum atomic E-state index is 12.3. The van der Waals surface area contributed by atoms with E-state index in [1.807, 2.05) is 17.7 Å². The Kier molecular flexibility index (Phi) is 4.45. The molecule has 4 nitrogen and oxygen atoms in total. The van der Waals surface area contributed by atoms with E-state index in [1.54, 1.807) is 11.3 Å². The summed E-state index contributed by atoms with van der Waals surface area (Å²) in [6.45, 7) is 8.83. The van der Waals surface area contributed by atoms with Crippen molar-refractivity contribution < 1.29 is 4.79 Å². The first kappa shape index (κ1) is 16.7. The van der Waals surface area contributed by atoms with Crippen LogP contribution in [0.5, 0.6) is 0 Å². The Bertz CT molecular complexity index is 870. The van der Waals surface area contributed by atoms with Crippen molar-refractivity contribution in [3.8, 4) is 0 Å². The standard InChI is InChI=1S/C19H23N3OS/c1-13-11-16(21-22(13)19(2,3)4)18(23)20-10-9-14-12-24-17-8-6-5-7-15(14)17/h5-8,11-12H,9-10H2,1-4H3,(H,20,23). The highest BCUT2D eigenvalue weighted by molar-refractivity contribution is 7.17. The van der Waals surface area contributed by atoms with Crippen molar-refractivity contribution in [3.63, 3.8) is 0 Å². The molecule has 24 heavy (non-hydrogen) atoms. The molecule has 0 atom stereocenters. The molecular weight excluding hydrogens is 318 g/mol. The van der Waals surface area contributed by atoms with Crippen LogP contribution in [-0.4, -0.2) is 22.2 Å². The van der Waals surface area contributed by atoms with Crippen molar-refractivity contribution in [1.29, 1.82) is 0 Å². The predicted molar refractivity (Wildman–Crippen MR) is 99.8 cm³/mol. The van der Waals surface area contributed by atoms with Gasteiger partial charge in [0.15, 0.2) is 0 Å². The summed E-state index contributed by atoms with van der Waals surface area (Å²) in [5.74, 6) is -0.111. The monoisotopic (exact) mass is 341 g/mol. The highest BCUT2D eigenvalue weighted by Crippen LogP contribution is 2.25. The van der Waals surface area contributed by atoms with Crippen LogP contribution in [0.2, 0.25) is 0 Å². The number of thiophene rings is 1. The molecule has 0 fully saturated rings. The fourth-order valence-corrected chi connectivity index (χ4v) is 3.89. The van der Waals surface area contributed by atoms with Gasteiger partial charge in [0.25, 0.3) is 5.91 Å². The Balaban J connectivity index is 1.64. The van der Waals surface area contributed by atoms with Crippen molar-refractivity contribution in [1.82, 2.24) is 15.1 Å². The molecule has 2 aromatic heterocycles. The fraction of sp³-hybridized carbons (Fsp3) is 0.368. The van der Waals surface area contributed by atoms with Crippen molar-refractivity contribution in [2.45, 2.75) is 39.7 Å². The van der Waals surface area contributed by atoms with E-state index < -0.39 is 0 Å². The number of aromatic nitrogens is 2. The van der Waals surface area contributed by atoms with Gasteiger partial charge in [0.1, 0.15) is 5.69 Å². The number of benzene rings is 1. The summed E-state index contributed by atoms with van der Waals surface area (Å²) in [6, 6.07) is 10.2. The lowest BCUT2D eigenvalue weighted by Crippen LogP contribution is -2.28. The van der Waals surface area contributed by atoms with Gasteiger partial charge in [-0.3, -0.25) is 9.48 Å². The van der Waals surface area contributed by atoms with Crippen LogP contribution in [-0.2, 0) is 12.0 Å². The maximum Gasteiger partial charge on any atom is 0.271 e. The van der Waals surface area contributed by atoms with Gasteiger partial charge in [0.05, 0.1) is 5.54 Å². The number of carbonyl (C=O) groups excluding carboxylic acids is 1. The molecule has 0 aliphatic heterocycles. The summed E-state index contributed by atoms with van der Waals surface area (Å²) in [6.07, 6.45) is 0.828. The number of hydrogen-bond donors (Lipinski definition) is 1. The molecule has 1 amide bonds. The summed E-state index contributed by atoms with van der Waals surface area (Å²) in [4.78, 5) is 12.3. The second kappa shape index (κ2) is 6.40. The molecule has 0 radical (unpaired) electrons. The Morgan fingerprint density at radius 1 is 1.29 bits per heavy atom. The molecule has 0 unspecified atom stereocenters. The maximum absolute atomic E-state index is 12.3. The van der Waals surface area contributed by atoms with Gasteiger partial charge < -0.3 is 5.32 Å². The largest absolute Gasteiger partial charge is 0.350 e. The van der Waals surface area contributed by atoms with Crippen molar-refractivity contribution in [2.24, 2.45) is 0 Å². The highest BCUT2D eigenvalue weighted by Gasteiger charge is 2.20. The summed E-state index contributed by atoms with van der Waals surface area (Å²) in [5.41, 5.74) is 2.64. The van der Waals surface area contributed by atoms with Crippen LogP contribution in [0.1, 0.15) is 42.5 Å². The molecular formula is C19H23N3OS. The van der Waals surface area contributed by atoms with E-state index in [4.69, 9.17) is 0 Å². The van der Waals surface area contributed by atoms with Crippen molar-refractivity contribution in [3.05, 3.63) is 52.7 Å². The van der Waals surface area contributed by atoms with E-state index in [-0.39, 0.29) is 11.4 Å². The Hall–Kier alpha value is -2.14. The number of amides is 1. The number of hydrogen-bond acceptors (Lipinski definition) is 3. The molecule has 0 spiro atoms. The lowest BCUT2D eigenvalue weighted by molar-refractivity contribution is 0.0947. The second-order valence-corrected chi connectivity index (χ2v) is 7.93. The lowest BCUT2D eigenvalue weighted by atomic mass is 10.1. The van der Waals surface area contributed by atoms with Gasteiger partial charge in [-0.05, 0) is 62.6 Å². The van der Waals surface area contributed by atoms with Crippen LogP contribution < -0.4 is 5.32 Å². The van der Waals surface area contributed by atoms with Gasteiger partial charge >= 0.3 is 0 Å². The van der Waals surface area contributed by atoms with Gasteiger partial charge in [-0.15, -0.1) is 11.3 Å². The van der Waals surface area contributed by atoms with Gasteiger partial charge in [0.2, 0.25) is 0 Å². The first-order chi connectivity index (χ1) is 11.4. The molecule has 0 bridgehead atoms. The minimum Gasteiger partial charge on any atom is -0.350 e. The molecule has 0 saturated carbocycles. The Morgan fingerprint density at radius 3 is 2.75 bits per heavy atom. The van der Waals surface area contributed by atoms with E-state index >= 15 is 0 Å². The fourth-order valence-electron chi connectivity index (χ4n) is 2.89. The second-order valence-electron chi connectivity index (χ2n) is 7.02. The first-order valence-electron chi connectivity index (χ1n) is 8.17. The first-order valence-corrected chi connectivity index (χ1v) is 9.04. The average Bonchev–Trinajstić information content (AvgIpc) is 3.11. The minimum atomic E-state index is -0.127. The number of rotatable bonds is 4. The predicted octanol–water partition coefficient (Wildman–Crippen LogP) is 4.13. The molecule has 5 heteroatoms. The van der Waals surface area contributed by atoms with E-state index in [1.165, 1.54) is 15.6 Å². The topological polar surface area (TPSA) is 46.9 Å². The van der Waals surface area contributed by atoms with Crippen molar-refractivity contribution >= 4 is 27.3 Å². The zero-order valence-electron chi connectivity index (χ0n) is 14.6. The number of carbonyl (C=O) groups is 1. The van der Waals surface area contributed by atoms with Gasteiger partial charge in [-0.1, -0.05) is 18.2 Å². The number of nitrogens with one attached hydrogen (secondary N) is 1. The van der Waals surface area contributed by atoms with Crippen LogP contribution in [0.15, 0.2) is 35.7 Å². The Labute approximate surface area is 146 Å². The Morgan fingerprint density at radius 2 is 2.04 bits per heavy atom. The number of nitrogens with zero attached hydrogens (tertiary/aromatic N) is 2. The van der Waals surface area contributed by atoms with Crippen LogP contribution in [0, 0.1) is 6.92 Å². The van der Waals surface area contributed by atoms with Gasteiger partial charge in [-0.25, -0.2) is 0 Å². The van der Waals surface area contributed by atoms with Crippen LogP contribution >= 0.6 is 11.3 Å². The molecule has 0 aliphatic carbocycles. The lowest BCUT2D eigenvalue weighted by Gasteiger charge is -2.21. The van der Waals surface area contributed by atoms with Crippen LogP contribution in [0.4, 0.5) is 0 Å².